The number of piperazine rings is 1. The fraction of sp³-hybridized carbons (Fsp3) is 0.353. The Morgan fingerprint density at radius 1 is 1.00 bits per heavy atom. The number of para-hydroxylation sites is 1. The van der Waals surface area contributed by atoms with Gasteiger partial charge in [0.05, 0.1) is 10.7 Å². The highest BCUT2D eigenvalue weighted by Gasteiger charge is 2.25. The zero-order valence-corrected chi connectivity index (χ0v) is 14.8. The van der Waals surface area contributed by atoms with E-state index in [0.29, 0.717) is 37.0 Å². The van der Waals surface area contributed by atoms with E-state index in [0.717, 1.165) is 10.3 Å². The second kappa shape index (κ2) is 6.65. The van der Waals surface area contributed by atoms with Gasteiger partial charge in [0.15, 0.2) is 5.56 Å². The lowest BCUT2D eigenvalue weighted by Crippen LogP contribution is -2.50. The SMILES string of the molecule is Cn1c(N2CCN(c3ccccc3Cl)CC2)c(C#N)c(=O)n(C)c1=O. The van der Waals surface area contributed by atoms with E-state index in [9.17, 15) is 14.9 Å². The molecular formula is C17H18ClN5O2. The number of rotatable bonds is 2. The first kappa shape index (κ1) is 17.1. The van der Waals surface area contributed by atoms with Crippen LogP contribution in [0.4, 0.5) is 11.5 Å². The first-order chi connectivity index (χ1) is 12.0. The molecule has 0 spiro atoms. The third-order valence-corrected chi connectivity index (χ3v) is 4.84. The van der Waals surface area contributed by atoms with Crippen molar-refractivity contribution in [1.82, 2.24) is 9.13 Å². The van der Waals surface area contributed by atoms with Crippen molar-refractivity contribution in [2.24, 2.45) is 14.1 Å². The minimum atomic E-state index is -0.561. The van der Waals surface area contributed by atoms with E-state index in [1.54, 1.807) is 7.05 Å². The predicted octanol–water partition coefficient (Wildman–Crippen LogP) is 0.936. The lowest BCUT2D eigenvalue weighted by Gasteiger charge is -2.38. The van der Waals surface area contributed by atoms with E-state index >= 15 is 0 Å². The van der Waals surface area contributed by atoms with E-state index in [1.807, 2.05) is 35.2 Å². The van der Waals surface area contributed by atoms with Crippen LogP contribution in [0.25, 0.3) is 0 Å². The van der Waals surface area contributed by atoms with E-state index in [-0.39, 0.29) is 5.56 Å². The van der Waals surface area contributed by atoms with Gasteiger partial charge in [-0.15, -0.1) is 0 Å². The Bertz CT molecular complexity index is 964. The van der Waals surface area contributed by atoms with Crippen LogP contribution in [0.1, 0.15) is 5.56 Å². The summed E-state index contributed by atoms with van der Waals surface area (Å²) in [6.07, 6.45) is 0. The van der Waals surface area contributed by atoms with Crippen LogP contribution in [-0.4, -0.2) is 35.3 Å². The average Bonchev–Trinajstić information content (AvgIpc) is 2.63. The standard InChI is InChI=1S/C17H18ClN5O2/c1-20-15(12(11-19)16(24)21(2)17(20)25)23-9-7-22(8-10-23)14-6-4-3-5-13(14)18/h3-6H,7-10H2,1-2H3. The minimum Gasteiger partial charge on any atom is -0.367 e. The smallest absolute Gasteiger partial charge is 0.332 e. The van der Waals surface area contributed by atoms with Crippen LogP contribution in [0.2, 0.25) is 5.02 Å². The van der Waals surface area contributed by atoms with Gasteiger partial charge in [-0.25, -0.2) is 4.79 Å². The van der Waals surface area contributed by atoms with Crippen LogP contribution < -0.4 is 21.0 Å². The van der Waals surface area contributed by atoms with Crippen molar-refractivity contribution in [3.05, 3.63) is 55.7 Å². The van der Waals surface area contributed by atoms with Gasteiger partial charge in [0, 0.05) is 40.3 Å². The number of hydrogen-bond acceptors (Lipinski definition) is 5. The van der Waals surface area contributed by atoms with E-state index < -0.39 is 11.2 Å². The highest BCUT2D eigenvalue weighted by molar-refractivity contribution is 6.33. The topological polar surface area (TPSA) is 74.3 Å². The first-order valence-electron chi connectivity index (χ1n) is 7.90. The molecule has 0 bridgehead atoms. The normalized spacial score (nSPS) is 14.5. The summed E-state index contributed by atoms with van der Waals surface area (Å²) in [7, 11) is 2.96. The number of hydrogen-bond donors (Lipinski definition) is 0. The molecule has 2 heterocycles. The lowest BCUT2D eigenvalue weighted by molar-refractivity contribution is 0.608. The quantitative estimate of drug-likeness (QED) is 0.797. The highest BCUT2D eigenvalue weighted by atomic mass is 35.5. The Labute approximate surface area is 149 Å². The maximum Gasteiger partial charge on any atom is 0.332 e. The van der Waals surface area contributed by atoms with Gasteiger partial charge in [-0.05, 0) is 12.1 Å². The summed E-state index contributed by atoms with van der Waals surface area (Å²) >= 11 is 6.26. The molecule has 0 saturated carbocycles. The van der Waals surface area contributed by atoms with Crippen LogP contribution in [0.5, 0.6) is 0 Å². The van der Waals surface area contributed by atoms with Crippen molar-refractivity contribution < 1.29 is 0 Å². The third kappa shape index (κ3) is 2.89. The summed E-state index contributed by atoms with van der Waals surface area (Å²) in [6.45, 7) is 2.52. The molecule has 0 aliphatic carbocycles. The summed E-state index contributed by atoms with van der Waals surface area (Å²) in [4.78, 5) is 28.5. The molecular weight excluding hydrogens is 342 g/mol. The molecule has 0 unspecified atom stereocenters. The van der Waals surface area contributed by atoms with Gasteiger partial charge in [-0.1, -0.05) is 23.7 Å². The molecule has 2 aromatic rings. The molecule has 8 heteroatoms. The number of halogens is 1. The molecule has 0 amide bonds. The molecule has 1 aromatic heterocycles. The van der Waals surface area contributed by atoms with Gasteiger partial charge >= 0.3 is 5.69 Å². The first-order valence-corrected chi connectivity index (χ1v) is 8.28. The summed E-state index contributed by atoms with van der Waals surface area (Å²) in [5.41, 5.74) is -0.0420. The van der Waals surface area contributed by atoms with Crippen molar-refractivity contribution in [1.29, 1.82) is 5.26 Å². The molecule has 1 fully saturated rings. The summed E-state index contributed by atoms with van der Waals surface area (Å²) in [5.74, 6) is 0.384. The largest absolute Gasteiger partial charge is 0.367 e. The molecule has 0 radical (unpaired) electrons. The molecule has 7 nitrogen and oxygen atoms in total. The second-order valence-corrected chi connectivity index (χ2v) is 6.35. The van der Waals surface area contributed by atoms with Gasteiger partial charge in [-0.3, -0.25) is 13.9 Å². The zero-order chi connectivity index (χ0) is 18.1. The monoisotopic (exact) mass is 359 g/mol. The number of anilines is 2. The van der Waals surface area contributed by atoms with Crippen LogP contribution in [0, 0.1) is 11.3 Å². The summed E-state index contributed by atoms with van der Waals surface area (Å²) in [6, 6.07) is 9.59. The highest BCUT2D eigenvalue weighted by Crippen LogP contribution is 2.27. The third-order valence-electron chi connectivity index (χ3n) is 4.52. The van der Waals surface area contributed by atoms with Crippen LogP contribution in [0.3, 0.4) is 0 Å². The van der Waals surface area contributed by atoms with Crippen molar-refractivity contribution in [3.63, 3.8) is 0 Å². The number of benzene rings is 1. The Morgan fingerprint density at radius 3 is 2.20 bits per heavy atom. The van der Waals surface area contributed by atoms with Crippen molar-refractivity contribution in [2.75, 3.05) is 36.0 Å². The Balaban J connectivity index is 1.92. The van der Waals surface area contributed by atoms with E-state index in [1.165, 1.54) is 11.6 Å². The van der Waals surface area contributed by atoms with Crippen molar-refractivity contribution in [3.8, 4) is 6.07 Å². The van der Waals surface area contributed by atoms with Gasteiger partial charge in [0.25, 0.3) is 5.56 Å². The van der Waals surface area contributed by atoms with Crippen molar-refractivity contribution in [2.45, 2.75) is 0 Å². The summed E-state index contributed by atoms with van der Waals surface area (Å²) in [5, 5.41) is 10.1. The van der Waals surface area contributed by atoms with E-state index in [2.05, 4.69) is 4.90 Å². The molecule has 0 N–H and O–H groups in total. The van der Waals surface area contributed by atoms with Gasteiger partial charge in [-0.2, -0.15) is 5.26 Å². The van der Waals surface area contributed by atoms with Gasteiger partial charge < -0.3 is 9.80 Å². The fourth-order valence-corrected chi connectivity index (χ4v) is 3.42. The Hall–Kier alpha value is -2.72. The molecule has 1 aromatic carbocycles. The lowest BCUT2D eigenvalue weighted by atomic mass is 10.2. The maximum absolute atomic E-state index is 12.2. The number of nitrogens with zero attached hydrogens (tertiary/aromatic N) is 5. The molecule has 1 aliphatic rings. The predicted molar refractivity (Wildman–Crippen MR) is 97.5 cm³/mol. The van der Waals surface area contributed by atoms with Crippen molar-refractivity contribution >= 4 is 23.1 Å². The minimum absolute atomic E-state index is 0.00389. The molecule has 3 rings (SSSR count). The summed E-state index contributed by atoms with van der Waals surface area (Å²) < 4.78 is 2.33. The Kier molecular flexibility index (Phi) is 4.55. The Morgan fingerprint density at radius 2 is 1.60 bits per heavy atom. The molecule has 1 aliphatic heterocycles. The molecule has 130 valence electrons. The van der Waals surface area contributed by atoms with Crippen LogP contribution in [-0.2, 0) is 14.1 Å². The van der Waals surface area contributed by atoms with Gasteiger partial charge in [0.1, 0.15) is 11.9 Å². The van der Waals surface area contributed by atoms with Crippen LogP contribution >= 0.6 is 11.6 Å². The maximum atomic E-state index is 12.2. The molecule has 25 heavy (non-hydrogen) atoms. The van der Waals surface area contributed by atoms with Gasteiger partial charge in [0.2, 0.25) is 0 Å². The number of aromatic nitrogens is 2. The second-order valence-electron chi connectivity index (χ2n) is 5.94. The average molecular weight is 360 g/mol. The number of nitriles is 1. The zero-order valence-electron chi connectivity index (χ0n) is 14.1. The fourth-order valence-electron chi connectivity index (χ4n) is 3.17. The molecule has 0 atom stereocenters. The molecule has 1 saturated heterocycles. The van der Waals surface area contributed by atoms with E-state index in [4.69, 9.17) is 11.6 Å². The van der Waals surface area contributed by atoms with Crippen LogP contribution in [0.15, 0.2) is 33.9 Å².